The molecule has 3 rings (SSSR count). The van der Waals surface area contributed by atoms with E-state index in [2.05, 4.69) is 71.6 Å². The van der Waals surface area contributed by atoms with Crippen LogP contribution in [0.2, 0.25) is 5.04 Å². The summed E-state index contributed by atoms with van der Waals surface area (Å²) in [6.07, 6.45) is -1.12. The first-order valence-electron chi connectivity index (χ1n) is 18.4. The topological polar surface area (TPSA) is 221 Å². The van der Waals surface area contributed by atoms with E-state index in [0.29, 0.717) is 12.3 Å². The van der Waals surface area contributed by atoms with Crippen LogP contribution in [-0.2, 0) is 30.2 Å². The summed E-state index contributed by atoms with van der Waals surface area (Å²) in [5.74, 6) is -2.90. The Morgan fingerprint density at radius 2 is 1.39 bits per heavy atom. The van der Waals surface area contributed by atoms with Gasteiger partial charge in [-0.25, -0.2) is 9.59 Å². The van der Waals surface area contributed by atoms with Crippen molar-refractivity contribution in [2.75, 3.05) is 32.0 Å². The van der Waals surface area contributed by atoms with Gasteiger partial charge in [-0.1, -0.05) is 107 Å². The van der Waals surface area contributed by atoms with Gasteiger partial charge in [0.1, 0.15) is 12.1 Å². The first-order valence-corrected chi connectivity index (χ1v) is 20.3. The van der Waals surface area contributed by atoms with Gasteiger partial charge < -0.3 is 46.8 Å². The maximum absolute atomic E-state index is 13.1. The van der Waals surface area contributed by atoms with Crippen molar-refractivity contribution in [2.24, 2.45) is 11.7 Å². The number of hydrogen-bond acceptors (Lipinski definition) is 7. The number of nitrogens with one attached hydrogen (secondary N) is 5. The Morgan fingerprint density at radius 3 is 1.89 bits per heavy atom. The van der Waals surface area contributed by atoms with Gasteiger partial charge in [-0.2, -0.15) is 0 Å². The van der Waals surface area contributed by atoms with Crippen LogP contribution in [0.3, 0.4) is 0 Å². The van der Waals surface area contributed by atoms with E-state index >= 15 is 0 Å². The summed E-state index contributed by atoms with van der Waals surface area (Å²) in [6.45, 7) is 9.61. The highest BCUT2D eigenvalue weighted by Gasteiger charge is 2.50. The number of nitrogens with zero attached hydrogens (tertiary/aromatic N) is 1. The Bertz CT molecular complexity index is 1750. The molecule has 8 N–H and O–H groups in total. The molecule has 16 heteroatoms. The minimum absolute atomic E-state index is 0.0482. The Kier molecular flexibility index (Phi) is 16.6. The van der Waals surface area contributed by atoms with Crippen molar-refractivity contribution in [3.8, 4) is 0 Å². The number of carbonyl (C=O) groups is 6. The normalized spacial score (nSPS) is 12.5. The third-order valence-corrected chi connectivity index (χ3v) is 14.1. The van der Waals surface area contributed by atoms with E-state index in [1.54, 1.807) is 26.0 Å². The molecule has 0 aliphatic heterocycles. The fourth-order valence-electron chi connectivity index (χ4n) is 6.28. The molecule has 302 valence electrons. The zero-order chi connectivity index (χ0) is 41.5. The molecule has 0 aliphatic carbocycles. The Morgan fingerprint density at radius 1 is 0.821 bits per heavy atom. The number of anilines is 1. The van der Waals surface area contributed by atoms with Gasteiger partial charge in [-0.05, 0) is 51.9 Å². The molecule has 15 nitrogen and oxygen atoms in total. The summed E-state index contributed by atoms with van der Waals surface area (Å²) in [5, 5.41) is 23.6. The second-order valence-corrected chi connectivity index (χ2v) is 19.1. The van der Waals surface area contributed by atoms with Crippen molar-refractivity contribution in [3.63, 3.8) is 0 Å². The van der Waals surface area contributed by atoms with E-state index in [0.717, 1.165) is 10.5 Å². The second-order valence-electron chi connectivity index (χ2n) is 14.8. The summed E-state index contributed by atoms with van der Waals surface area (Å²) in [7, 11) is -1.33. The standard InChI is InChI=1S/C40H55N7O8Si/c1-27(2)35(46-39(53)54)37(51)45-32(18-13-23-42-38(41)52)36(50)43-24-34(49)47(6)25-33(48)44-29-21-19-28(20-22-29)26-55-56(40(3,4)5,30-14-9-7-10-15-30)31-16-11-8-12-17-31/h7-12,14-17,19-22,27,32,35,46H,13,18,23-26H2,1-6H3,(H,43,50)(H,44,48)(H,45,51)(H,53,54)(H3,41,42,52). The van der Waals surface area contributed by atoms with E-state index in [-0.39, 0.29) is 31.0 Å². The Labute approximate surface area is 329 Å². The molecule has 0 heterocycles. The van der Waals surface area contributed by atoms with E-state index in [1.165, 1.54) is 17.4 Å². The van der Waals surface area contributed by atoms with Crippen LogP contribution in [-0.4, -0.2) is 92.8 Å². The van der Waals surface area contributed by atoms with Crippen LogP contribution in [0, 0.1) is 5.92 Å². The number of primary amides is 1. The number of carboxylic acid groups (broad SMARTS) is 1. The predicted octanol–water partition coefficient (Wildman–Crippen LogP) is 2.50. The van der Waals surface area contributed by atoms with Gasteiger partial charge in [-0.15, -0.1) is 0 Å². The van der Waals surface area contributed by atoms with Gasteiger partial charge >= 0.3 is 12.1 Å². The van der Waals surface area contributed by atoms with Crippen LogP contribution in [0.25, 0.3) is 0 Å². The number of amides is 7. The van der Waals surface area contributed by atoms with Crippen molar-refractivity contribution in [1.82, 2.24) is 26.2 Å². The molecule has 2 unspecified atom stereocenters. The van der Waals surface area contributed by atoms with Gasteiger partial charge in [0.2, 0.25) is 23.6 Å². The van der Waals surface area contributed by atoms with Gasteiger partial charge in [0.15, 0.2) is 0 Å². The number of benzene rings is 3. The number of likely N-dealkylation sites (N-methyl/N-ethyl adjacent to an activating group) is 1. The number of urea groups is 1. The molecular formula is C40H55N7O8Si. The van der Waals surface area contributed by atoms with Crippen molar-refractivity contribution >= 4 is 60.1 Å². The van der Waals surface area contributed by atoms with Crippen molar-refractivity contribution in [2.45, 2.75) is 71.2 Å². The Hall–Kier alpha value is -5.74. The molecule has 2 atom stereocenters. The maximum atomic E-state index is 13.1. The number of hydrogen-bond donors (Lipinski definition) is 7. The molecule has 3 aromatic rings. The van der Waals surface area contributed by atoms with Crippen LogP contribution in [0.5, 0.6) is 0 Å². The van der Waals surface area contributed by atoms with E-state index in [4.69, 9.17) is 15.3 Å². The molecule has 0 saturated heterocycles. The van der Waals surface area contributed by atoms with Crippen LogP contribution in [0.4, 0.5) is 15.3 Å². The lowest BCUT2D eigenvalue weighted by molar-refractivity contribution is -0.135. The van der Waals surface area contributed by atoms with Gasteiger partial charge in [0.05, 0.1) is 19.7 Å². The lowest BCUT2D eigenvalue weighted by atomic mass is 10.0. The largest absolute Gasteiger partial charge is 0.465 e. The van der Waals surface area contributed by atoms with Crippen LogP contribution in [0.15, 0.2) is 84.9 Å². The van der Waals surface area contributed by atoms with Crippen molar-refractivity contribution < 1.29 is 38.3 Å². The molecular weight excluding hydrogens is 735 g/mol. The molecule has 0 bridgehead atoms. The highest BCUT2D eigenvalue weighted by atomic mass is 28.4. The van der Waals surface area contributed by atoms with Crippen molar-refractivity contribution in [1.29, 1.82) is 0 Å². The molecule has 0 spiro atoms. The molecule has 7 amide bonds. The van der Waals surface area contributed by atoms with Gasteiger partial charge in [0, 0.05) is 19.3 Å². The molecule has 0 saturated carbocycles. The second kappa shape index (κ2) is 20.8. The number of rotatable bonds is 19. The van der Waals surface area contributed by atoms with E-state index in [9.17, 15) is 28.8 Å². The van der Waals surface area contributed by atoms with E-state index < -0.39 is 68.6 Å². The molecule has 0 fully saturated rings. The third kappa shape index (κ3) is 12.9. The number of carbonyl (C=O) groups excluding carboxylic acids is 5. The molecule has 56 heavy (non-hydrogen) atoms. The minimum Gasteiger partial charge on any atom is -0.465 e. The fourth-order valence-corrected chi connectivity index (χ4v) is 10.8. The molecule has 0 aliphatic rings. The number of nitrogens with two attached hydrogens (primary N) is 1. The van der Waals surface area contributed by atoms with E-state index in [1.807, 2.05) is 48.5 Å². The summed E-state index contributed by atoms with van der Waals surface area (Å²) in [5.41, 5.74) is 6.55. The highest BCUT2D eigenvalue weighted by Crippen LogP contribution is 2.37. The smallest absolute Gasteiger partial charge is 0.405 e. The molecule has 0 aromatic heterocycles. The Balaban J connectivity index is 1.59. The van der Waals surface area contributed by atoms with Crippen LogP contribution >= 0.6 is 0 Å². The highest BCUT2D eigenvalue weighted by molar-refractivity contribution is 6.99. The third-order valence-electron chi connectivity index (χ3n) is 9.16. The predicted molar refractivity (Wildman–Crippen MR) is 217 cm³/mol. The lowest BCUT2D eigenvalue weighted by Crippen LogP contribution is -2.66. The molecule has 0 radical (unpaired) electrons. The van der Waals surface area contributed by atoms with Crippen molar-refractivity contribution in [3.05, 3.63) is 90.5 Å². The average molecular weight is 790 g/mol. The monoisotopic (exact) mass is 789 g/mol. The first-order chi connectivity index (χ1) is 26.4. The molecule has 3 aromatic carbocycles. The SMILES string of the molecule is CC(C)C(NC(=O)O)C(=O)NC(CCCNC(N)=O)C(=O)NCC(=O)N(C)CC(=O)Nc1ccc(CO[Si](c2ccccc2)(c2ccccc2)C(C)(C)C)cc1. The fraction of sp³-hybridized carbons (Fsp3) is 0.400. The quantitative estimate of drug-likeness (QED) is 0.0705. The summed E-state index contributed by atoms with van der Waals surface area (Å²) < 4.78 is 7.01. The zero-order valence-corrected chi connectivity index (χ0v) is 33.9. The average Bonchev–Trinajstić information content (AvgIpc) is 3.14. The summed E-state index contributed by atoms with van der Waals surface area (Å²) in [6, 6.07) is 25.0. The summed E-state index contributed by atoms with van der Waals surface area (Å²) in [4.78, 5) is 75.2. The summed E-state index contributed by atoms with van der Waals surface area (Å²) >= 11 is 0. The lowest BCUT2D eigenvalue weighted by Gasteiger charge is -2.43. The minimum atomic E-state index is -2.75. The first kappa shape index (κ1) is 44.7. The van der Waals surface area contributed by atoms with Gasteiger partial charge in [-0.3, -0.25) is 19.2 Å². The van der Waals surface area contributed by atoms with Crippen LogP contribution in [0.1, 0.15) is 53.0 Å². The zero-order valence-electron chi connectivity index (χ0n) is 32.9. The van der Waals surface area contributed by atoms with Crippen LogP contribution < -0.4 is 42.7 Å². The van der Waals surface area contributed by atoms with Gasteiger partial charge in [0.25, 0.3) is 8.32 Å². The maximum Gasteiger partial charge on any atom is 0.405 e.